The molecule has 0 spiro atoms. The molecule has 4 heteroatoms. The van der Waals surface area contributed by atoms with E-state index in [2.05, 4.69) is 11.8 Å². The number of nitrogens with one attached hydrogen (secondary N) is 1. The highest BCUT2D eigenvalue weighted by molar-refractivity contribution is 5.34. The van der Waals surface area contributed by atoms with Gasteiger partial charge in [-0.15, -0.1) is 0 Å². The molecule has 14 heavy (non-hydrogen) atoms. The molecule has 0 saturated carbocycles. The van der Waals surface area contributed by atoms with Crippen LogP contribution in [-0.2, 0) is 0 Å². The van der Waals surface area contributed by atoms with Gasteiger partial charge in [-0.3, -0.25) is 5.84 Å². The molecular formula is C10H10F2N2. The van der Waals surface area contributed by atoms with Gasteiger partial charge in [-0.05, 0) is 12.1 Å². The highest BCUT2D eigenvalue weighted by Crippen LogP contribution is 1.99. The molecule has 1 unspecified atom stereocenters. The van der Waals surface area contributed by atoms with E-state index in [1.807, 2.05) is 11.5 Å². The third-order valence-electron chi connectivity index (χ3n) is 1.58. The molecule has 1 aromatic rings. The van der Waals surface area contributed by atoms with Crippen molar-refractivity contribution in [3.8, 4) is 11.8 Å². The summed E-state index contributed by atoms with van der Waals surface area (Å²) in [7, 11) is 0. The van der Waals surface area contributed by atoms with Crippen LogP contribution in [0.1, 0.15) is 5.56 Å². The average Bonchev–Trinajstić information content (AvgIpc) is 2.20. The lowest BCUT2D eigenvalue weighted by atomic mass is 10.2. The van der Waals surface area contributed by atoms with Crippen LogP contribution < -0.4 is 11.3 Å². The smallest absolute Gasteiger partial charge is 0.265 e. The number of hydrazine groups is 1. The van der Waals surface area contributed by atoms with Gasteiger partial charge in [0.1, 0.15) is 6.04 Å². The van der Waals surface area contributed by atoms with E-state index in [0.717, 1.165) is 0 Å². The van der Waals surface area contributed by atoms with E-state index < -0.39 is 12.5 Å². The van der Waals surface area contributed by atoms with Gasteiger partial charge < -0.3 is 0 Å². The predicted molar refractivity (Wildman–Crippen MR) is 50.4 cm³/mol. The first-order valence-electron chi connectivity index (χ1n) is 4.05. The highest BCUT2D eigenvalue weighted by atomic mass is 19.3. The van der Waals surface area contributed by atoms with Crippen molar-refractivity contribution in [2.45, 2.75) is 12.5 Å². The van der Waals surface area contributed by atoms with Crippen LogP contribution in [0, 0.1) is 11.8 Å². The second-order valence-electron chi connectivity index (χ2n) is 2.61. The molecule has 0 bridgehead atoms. The lowest BCUT2D eigenvalue weighted by Gasteiger charge is -2.05. The first kappa shape index (κ1) is 10.6. The molecule has 0 saturated heterocycles. The van der Waals surface area contributed by atoms with Crippen molar-refractivity contribution in [2.75, 3.05) is 0 Å². The minimum Gasteiger partial charge on any atom is -0.270 e. The Labute approximate surface area is 81.1 Å². The standard InChI is InChI=1S/C10H10F2N2/c11-10(12)9(14-13)7-6-8-4-2-1-3-5-8/h1-5,9-10,14H,13H2. The minimum absolute atomic E-state index is 0.688. The molecule has 2 nitrogen and oxygen atoms in total. The molecule has 74 valence electrons. The third kappa shape index (κ3) is 3.13. The number of nitrogens with two attached hydrogens (primary N) is 1. The summed E-state index contributed by atoms with van der Waals surface area (Å²) in [5.74, 6) is 9.86. The summed E-state index contributed by atoms with van der Waals surface area (Å²) in [6.45, 7) is 0. The molecule has 3 N–H and O–H groups in total. The molecular weight excluding hydrogens is 186 g/mol. The van der Waals surface area contributed by atoms with Gasteiger partial charge in [0, 0.05) is 5.56 Å². The van der Waals surface area contributed by atoms with Crippen molar-refractivity contribution >= 4 is 0 Å². The Morgan fingerprint density at radius 1 is 1.21 bits per heavy atom. The van der Waals surface area contributed by atoms with Crippen LogP contribution in [0.25, 0.3) is 0 Å². The summed E-state index contributed by atoms with van der Waals surface area (Å²) in [5.41, 5.74) is 2.64. The predicted octanol–water partition coefficient (Wildman–Crippen LogP) is 1.14. The van der Waals surface area contributed by atoms with Crippen molar-refractivity contribution in [1.29, 1.82) is 0 Å². The number of benzene rings is 1. The lowest BCUT2D eigenvalue weighted by molar-refractivity contribution is 0.121. The Morgan fingerprint density at radius 2 is 1.86 bits per heavy atom. The van der Waals surface area contributed by atoms with Gasteiger partial charge in [-0.2, -0.15) is 0 Å². The van der Waals surface area contributed by atoms with Crippen LogP contribution in [-0.4, -0.2) is 12.5 Å². The maximum Gasteiger partial charge on any atom is 0.265 e. The monoisotopic (exact) mass is 196 g/mol. The molecule has 1 rings (SSSR count). The molecule has 0 heterocycles. The van der Waals surface area contributed by atoms with Crippen molar-refractivity contribution in [3.05, 3.63) is 35.9 Å². The van der Waals surface area contributed by atoms with Gasteiger partial charge in [0.05, 0.1) is 0 Å². The second-order valence-corrected chi connectivity index (χ2v) is 2.61. The number of rotatable bonds is 2. The number of hydrogen-bond donors (Lipinski definition) is 2. The molecule has 1 atom stereocenters. The largest absolute Gasteiger partial charge is 0.270 e. The summed E-state index contributed by atoms with van der Waals surface area (Å²) < 4.78 is 24.3. The summed E-state index contributed by atoms with van der Waals surface area (Å²) >= 11 is 0. The van der Waals surface area contributed by atoms with Crippen LogP contribution in [0.15, 0.2) is 30.3 Å². The van der Waals surface area contributed by atoms with E-state index in [1.165, 1.54) is 0 Å². The second kappa shape index (κ2) is 5.32. The van der Waals surface area contributed by atoms with Crippen molar-refractivity contribution < 1.29 is 8.78 Å². The molecule has 0 aromatic heterocycles. The summed E-state index contributed by atoms with van der Waals surface area (Å²) in [5, 5.41) is 0. The van der Waals surface area contributed by atoms with Crippen LogP contribution in [0.5, 0.6) is 0 Å². The minimum atomic E-state index is -2.59. The average molecular weight is 196 g/mol. The molecule has 0 fully saturated rings. The highest BCUT2D eigenvalue weighted by Gasteiger charge is 2.14. The number of halogens is 2. The number of alkyl halides is 2. The first-order chi connectivity index (χ1) is 6.74. The van der Waals surface area contributed by atoms with E-state index in [-0.39, 0.29) is 0 Å². The Kier molecular flexibility index (Phi) is 4.05. The van der Waals surface area contributed by atoms with E-state index in [1.54, 1.807) is 24.3 Å². The summed E-state index contributed by atoms with van der Waals surface area (Å²) in [6.07, 6.45) is -2.59. The molecule has 0 radical (unpaired) electrons. The number of hydrogen-bond acceptors (Lipinski definition) is 2. The Morgan fingerprint density at radius 3 is 2.36 bits per heavy atom. The SMILES string of the molecule is NNC(C#Cc1ccccc1)C(F)F. The fraction of sp³-hybridized carbons (Fsp3) is 0.200. The van der Waals surface area contributed by atoms with Crippen molar-refractivity contribution in [1.82, 2.24) is 5.43 Å². The molecule has 0 amide bonds. The van der Waals surface area contributed by atoms with Crippen molar-refractivity contribution in [2.24, 2.45) is 5.84 Å². The third-order valence-corrected chi connectivity index (χ3v) is 1.58. The van der Waals surface area contributed by atoms with Crippen LogP contribution in [0.4, 0.5) is 8.78 Å². The van der Waals surface area contributed by atoms with Crippen LogP contribution >= 0.6 is 0 Å². The molecule has 0 aliphatic heterocycles. The zero-order chi connectivity index (χ0) is 10.4. The van der Waals surface area contributed by atoms with Gasteiger partial charge in [0.2, 0.25) is 0 Å². The topological polar surface area (TPSA) is 38.0 Å². The lowest BCUT2D eigenvalue weighted by Crippen LogP contribution is -2.39. The van der Waals surface area contributed by atoms with E-state index in [4.69, 9.17) is 5.84 Å². The Hall–Kier alpha value is -1.44. The quantitative estimate of drug-likeness (QED) is 0.423. The Bertz CT molecular complexity index is 327. The summed E-state index contributed by atoms with van der Waals surface area (Å²) in [6, 6.07) is 7.61. The zero-order valence-electron chi connectivity index (χ0n) is 7.37. The van der Waals surface area contributed by atoms with Crippen LogP contribution in [0.3, 0.4) is 0 Å². The summed E-state index contributed by atoms with van der Waals surface area (Å²) in [4.78, 5) is 0. The molecule has 1 aromatic carbocycles. The van der Waals surface area contributed by atoms with Gasteiger partial charge in [-0.25, -0.2) is 14.2 Å². The van der Waals surface area contributed by atoms with Gasteiger partial charge >= 0.3 is 0 Å². The normalized spacial score (nSPS) is 12.0. The zero-order valence-corrected chi connectivity index (χ0v) is 7.37. The van der Waals surface area contributed by atoms with E-state index >= 15 is 0 Å². The van der Waals surface area contributed by atoms with Gasteiger partial charge in [-0.1, -0.05) is 30.0 Å². The fourth-order valence-corrected chi connectivity index (χ4v) is 0.860. The van der Waals surface area contributed by atoms with E-state index in [9.17, 15) is 8.78 Å². The van der Waals surface area contributed by atoms with Gasteiger partial charge in [0.15, 0.2) is 0 Å². The van der Waals surface area contributed by atoms with E-state index in [0.29, 0.717) is 5.56 Å². The molecule has 0 aliphatic carbocycles. The first-order valence-corrected chi connectivity index (χ1v) is 4.05. The molecule has 0 aliphatic rings. The van der Waals surface area contributed by atoms with Gasteiger partial charge in [0.25, 0.3) is 6.43 Å². The van der Waals surface area contributed by atoms with Crippen LogP contribution in [0.2, 0.25) is 0 Å². The Balaban J connectivity index is 2.71. The maximum absolute atomic E-state index is 12.2. The van der Waals surface area contributed by atoms with Crippen molar-refractivity contribution in [3.63, 3.8) is 0 Å². The fourth-order valence-electron chi connectivity index (χ4n) is 0.860. The maximum atomic E-state index is 12.2.